The Labute approximate surface area is 123 Å². The van der Waals surface area contributed by atoms with Crippen molar-refractivity contribution in [3.8, 4) is 5.75 Å². The van der Waals surface area contributed by atoms with Crippen molar-refractivity contribution in [1.29, 1.82) is 0 Å². The molecule has 0 bridgehead atoms. The van der Waals surface area contributed by atoms with Gasteiger partial charge in [0.05, 0.1) is 7.11 Å². The summed E-state index contributed by atoms with van der Waals surface area (Å²) in [4.78, 5) is 0. The molecule has 3 atom stereocenters. The van der Waals surface area contributed by atoms with Crippen molar-refractivity contribution in [2.75, 3.05) is 20.7 Å². The highest BCUT2D eigenvalue weighted by atomic mass is 16.5. The molecule has 1 aliphatic rings. The lowest BCUT2D eigenvalue weighted by Crippen LogP contribution is -2.32. The summed E-state index contributed by atoms with van der Waals surface area (Å²) in [6.45, 7) is 5.86. The van der Waals surface area contributed by atoms with Crippen molar-refractivity contribution in [3.05, 3.63) is 29.8 Å². The number of rotatable bonds is 5. The first kappa shape index (κ1) is 15.4. The monoisotopic (exact) mass is 275 g/mol. The van der Waals surface area contributed by atoms with Gasteiger partial charge in [0.1, 0.15) is 5.75 Å². The second kappa shape index (κ2) is 7.12. The fraction of sp³-hybridized carbons (Fsp3) is 0.667. The van der Waals surface area contributed by atoms with Crippen LogP contribution in [-0.4, -0.2) is 20.7 Å². The maximum absolute atomic E-state index is 5.28. The van der Waals surface area contributed by atoms with Gasteiger partial charge in [0.25, 0.3) is 0 Å². The normalized spacial score (nSPS) is 26.8. The predicted molar refractivity (Wildman–Crippen MR) is 85.3 cm³/mol. The van der Waals surface area contributed by atoms with E-state index in [-0.39, 0.29) is 0 Å². The molecule has 1 N–H and O–H groups in total. The molecule has 0 heterocycles. The van der Waals surface area contributed by atoms with Gasteiger partial charge in [-0.05, 0) is 74.2 Å². The average Bonchev–Trinajstić information content (AvgIpc) is 2.48. The zero-order valence-electron chi connectivity index (χ0n) is 13.4. The molecule has 0 aromatic heterocycles. The zero-order valence-corrected chi connectivity index (χ0v) is 13.4. The second-order valence-electron chi connectivity index (χ2n) is 6.51. The van der Waals surface area contributed by atoms with E-state index in [1.165, 1.54) is 24.8 Å². The van der Waals surface area contributed by atoms with Gasteiger partial charge in [0, 0.05) is 0 Å². The first-order valence-corrected chi connectivity index (χ1v) is 7.94. The molecule has 1 aliphatic carbocycles. The summed E-state index contributed by atoms with van der Waals surface area (Å²) in [6.07, 6.45) is 4.06. The van der Waals surface area contributed by atoms with Gasteiger partial charge in [-0.1, -0.05) is 26.0 Å². The molecule has 20 heavy (non-hydrogen) atoms. The highest BCUT2D eigenvalue weighted by molar-refractivity contribution is 5.30. The molecule has 0 saturated heterocycles. The third-order valence-corrected chi connectivity index (χ3v) is 4.99. The minimum Gasteiger partial charge on any atom is -0.497 e. The summed E-state index contributed by atoms with van der Waals surface area (Å²) in [6, 6.07) is 8.72. The van der Waals surface area contributed by atoms with Gasteiger partial charge in [-0.3, -0.25) is 0 Å². The van der Waals surface area contributed by atoms with E-state index < -0.39 is 0 Å². The van der Waals surface area contributed by atoms with Crippen molar-refractivity contribution in [2.24, 2.45) is 17.8 Å². The molecule has 0 spiro atoms. The van der Waals surface area contributed by atoms with Crippen LogP contribution in [0.5, 0.6) is 5.75 Å². The fourth-order valence-electron chi connectivity index (χ4n) is 3.64. The average molecular weight is 275 g/mol. The van der Waals surface area contributed by atoms with Crippen LogP contribution in [0.1, 0.15) is 44.6 Å². The van der Waals surface area contributed by atoms with Crippen molar-refractivity contribution in [2.45, 2.75) is 39.0 Å². The molecule has 1 aromatic rings. The van der Waals surface area contributed by atoms with Gasteiger partial charge in [-0.15, -0.1) is 0 Å². The molecule has 1 fully saturated rings. The Balaban J connectivity index is 2.16. The zero-order chi connectivity index (χ0) is 14.5. The van der Waals surface area contributed by atoms with E-state index in [4.69, 9.17) is 4.74 Å². The highest BCUT2D eigenvalue weighted by Crippen LogP contribution is 2.43. The van der Waals surface area contributed by atoms with Crippen molar-refractivity contribution >= 4 is 0 Å². The van der Waals surface area contributed by atoms with Crippen LogP contribution < -0.4 is 10.1 Å². The first-order chi connectivity index (χ1) is 9.65. The second-order valence-corrected chi connectivity index (χ2v) is 6.51. The van der Waals surface area contributed by atoms with Gasteiger partial charge in [0.15, 0.2) is 0 Å². The molecular formula is C18H29NO. The number of methoxy groups -OCH3 is 1. The van der Waals surface area contributed by atoms with Crippen LogP contribution in [0, 0.1) is 17.8 Å². The van der Waals surface area contributed by atoms with Crippen molar-refractivity contribution in [3.63, 3.8) is 0 Å². The molecule has 0 radical (unpaired) electrons. The summed E-state index contributed by atoms with van der Waals surface area (Å²) in [7, 11) is 3.80. The highest BCUT2D eigenvalue weighted by Gasteiger charge is 2.32. The Bertz CT molecular complexity index is 398. The van der Waals surface area contributed by atoms with Gasteiger partial charge in [-0.2, -0.15) is 0 Å². The Morgan fingerprint density at radius 1 is 1.20 bits per heavy atom. The van der Waals surface area contributed by atoms with E-state index in [0.29, 0.717) is 5.92 Å². The van der Waals surface area contributed by atoms with Gasteiger partial charge in [0.2, 0.25) is 0 Å². The minimum atomic E-state index is 0.689. The lowest BCUT2D eigenvalue weighted by atomic mass is 9.68. The quantitative estimate of drug-likeness (QED) is 0.874. The number of benzene rings is 1. The predicted octanol–water partition coefficient (Wildman–Crippen LogP) is 4.07. The smallest absolute Gasteiger partial charge is 0.118 e. The summed E-state index contributed by atoms with van der Waals surface area (Å²) in [5.41, 5.74) is 1.48. The van der Waals surface area contributed by atoms with E-state index in [2.05, 4.69) is 50.5 Å². The van der Waals surface area contributed by atoms with Crippen LogP contribution >= 0.6 is 0 Å². The van der Waals surface area contributed by atoms with E-state index in [1.807, 2.05) is 0 Å². The number of hydrogen-bond donors (Lipinski definition) is 1. The van der Waals surface area contributed by atoms with E-state index in [1.54, 1.807) is 7.11 Å². The molecule has 3 unspecified atom stereocenters. The van der Waals surface area contributed by atoms with E-state index >= 15 is 0 Å². The fourth-order valence-corrected chi connectivity index (χ4v) is 3.64. The van der Waals surface area contributed by atoms with Gasteiger partial charge >= 0.3 is 0 Å². The number of ether oxygens (including phenoxy) is 1. The van der Waals surface area contributed by atoms with Gasteiger partial charge < -0.3 is 10.1 Å². The van der Waals surface area contributed by atoms with Crippen LogP contribution in [0.3, 0.4) is 0 Å². The van der Waals surface area contributed by atoms with Crippen LogP contribution in [0.25, 0.3) is 0 Å². The summed E-state index contributed by atoms with van der Waals surface area (Å²) in [5.74, 6) is 4.08. The maximum Gasteiger partial charge on any atom is 0.118 e. The molecule has 0 aliphatic heterocycles. The summed E-state index contributed by atoms with van der Waals surface area (Å²) >= 11 is 0. The SMILES string of the molecule is CNCC1CCC(C(C)C)CC1c1ccc(OC)cc1. The molecule has 2 nitrogen and oxygen atoms in total. The van der Waals surface area contributed by atoms with Crippen LogP contribution in [0.2, 0.25) is 0 Å². The van der Waals surface area contributed by atoms with Crippen molar-refractivity contribution in [1.82, 2.24) is 5.32 Å². The third kappa shape index (κ3) is 3.54. The number of hydrogen-bond acceptors (Lipinski definition) is 2. The van der Waals surface area contributed by atoms with E-state index in [0.717, 1.165) is 30.0 Å². The Morgan fingerprint density at radius 2 is 1.90 bits per heavy atom. The molecular weight excluding hydrogens is 246 g/mol. The molecule has 112 valence electrons. The molecule has 2 heteroatoms. The lowest BCUT2D eigenvalue weighted by molar-refractivity contribution is 0.192. The first-order valence-electron chi connectivity index (χ1n) is 7.94. The topological polar surface area (TPSA) is 21.3 Å². The Hall–Kier alpha value is -1.02. The largest absolute Gasteiger partial charge is 0.497 e. The molecule has 1 aromatic carbocycles. The summed E-state index contributed by atoms with van der Waals surface area (Å²) in [5, 5.41) is 3.38. The molecule has 2 rings (SSSR count). The Morgan fingerprint density at radius 3 is 2.45 bits per heavy atom. The number of nitrogens with one attached hydrogen (secondary N) is 1. The minimum absolute atomic E-state index is 0.689. The van der Waals surface area contributed by atoms with E-state index in [9.17, 15) is 0 Å². The molecule has 0 amide bonds. The standard InChI is InChI=1S/C18H29NO/c1-13(2)15-5-6-16(12-19-3)18(11-15)14-7-9-17(20-4)10-8-14/h7-10,13,15-16,18-19H,5-6,11-12H2,1-4H3. The maximum atomic E-state index is 5.28. The molecule has 1 saturated carbocycles. The third-order valence-electron chi connectivity index (χ3n) is 4.99. The van der Waals surface area contributed by atoms with Crippen LogP contribution in [-0.2, 0) is 0 Å². The van der Waals surface area contributed by atoms with Gasteiger partial charge in [-0.25, -0.2) is 0 Å². The van der Waals surface area contributed by atoms with Crippen molar-refractivity contribution < 1.29 is 4.74 Å². The lowest BCUT2D eigenvalue weighted by Gasteiger charge is -2.38. The Kier molecular flexibility index (Phi) is 5.47. The van der Waals surface area contributed by atoms with Crippen LogP contribution in [0.15, 0.2) is 24.3 Å². The van der Waals surface area contributed by atoms with Crippen LogP contribution in [0.4, 0.5) is 0 Å². The summed E-state index contributed by atoms with van der Waals surface area (Å²) < 4.78 is 5.28.